The van der Waals surface area contributed by atoms with Crippen molar-refractivity contribution in [3.8, 4) is 0 Å². The van der Waals surface area contributed by atoms with Crippen LogP contribution in [0.15, 0.2) is 29.3 Å². The number of nitrogens with zero attached hydrogens (tertiary/aromatic N) is 4. The molecule has 9 heteroatoms. The number of nitrogens with one attached hydrogen (secondary N) is 1. The molecule has 1 atom stereocenters. The van der Waals surface area contributed by atoms with Gasteiger partial charge in [-0.3, -0.25) is 9.79 Å². The molecule has 3 fully saturated rings. The van der Waals surface area contributed by atoms with Crippen molar-refractivity contribution in [1.29, 1.82) is 0 Å². The highest BCUT2D eigenvalue weighted by molar-refractivity contribution is 14.0. The van der Waals surface area contributed by atoms with E-state index in [4.69, 9.17) is 4.74 Å². The number of carbonyl (C=O) groups excluding carboxylic acids is 1. The van der Waals surface area contributed by atoms with E-state index in [1.807, 2.05) is 23.7 Å². The Morgan fingerprint density at radius 1 is 1.10 bits per heavy atom. The highest BCUT2D eigenvalue weighted by atomic mass is 127. The summed E-state index contributed by atoms with van der Waals surface area (Å²) in [6, 6.07) is 8.86. The van der Waals surface area contributed by atoms with E-state index in [-0.39, 0.29) is 36.0 Å². The summed E-state index contributed by atoms with van der Waals surface area (Å²) in [6.07, 6.45) is 1.63. The van der Waals surface area contributed by atoms with Crippen molar-refractivity contribution in [3.63, 3.8) is 0 Å². The van der Waals surface area contributed by atoms with Crippen molar-refractivity contribution in [3.05, 3.63) is 29.8 Å². The first-order valence-electron chi connectivity index (χ1n) is 11.0. The molecule has 3 heterocycles. The maximum Gasteiger partial charge on any atom is 0.251 e. The fourth-order valence-corrected chi connectivity index (χ4v) is 5.18. The monoisotopic (exact) mass is 559 g/mol. The molecule has 1 aromatic carbocycles. The average molecular weight is 560 g/mol. The summed E-state index contributed by atoms with van der Waals surface area (Å²) < 4.78 is 5.55. The SMILES string of the molecule is CN=C(NCc1ccc(N2CCSCC2)cc1)N1CCN(C(=O)C2CCCO2)CC1.I. The van der Waals surface area contributed by atoms with E-state index in [1.54, 1.807) is 0 Å². The first-order valence-corrected chi connectivity index (χ1v) is 12.2. The summed E-state index contributed by atoms with van der Waals surface area (Å²) >= 11 is 2.03. The third kappa shape index (κ3) is 6.41. The lowest BCUT2D eigenvalue weighted by Gasteiger charge is -2.37. The van der Waals surface area contributed by atoms with Gasteiger partial charge in [-0.2, -0.15) is 11.8 Å². The normalized spacial score (nSPS) is 22.3. The fourth-order valence-electron chi connectivity index (χ4n) is 4.27. The molecule has 172 valence electrons. The van der Waals surface area contributed by atoms with Crippen LogP contribution in [-0.2, 0) is 16.1 Å². The van der Waals surface area contributed by atoms with Crippen molar-refractivity contribution < 1.29 is 9.53 Å². The van der Waals surface area contributed by atoms with Crippen LogP contribution in [0.4, 0.5) is 5.69 Å². The number of guanidine groups is 1. The van der Waals surface area contributed by atoms with E-state index >= 15 is 0 Å². The molecule has 0 aliphatic carbocycles. The van der Waals surface area contributed by atoms with E-state index in [1.165, 1.54) is 22.8 Å². The number of halogens is 1. The molecule has 3 aliphatic rings. The minimum atomic E-state index is -0.222. The Kier molecular flexibility index (Phi) is 9.58. The summed E-state index contributed by atoms with van der Waals surface area (Å²) in [5, 5.41) is 3.48. The second-order valence-electron chi connectivity index (χ2n) is 7.98. The van der Waals surface area contributed by atoms with Crippen LogP contribution in [0.25, 0.3) is 0 Å². The Morgan fingerprint density at radius 3 is 2.39 bits per heavy atom. The molecule has 3 aliphatic heterocycles. The number of piperazine rings is 1. The molecular formula is C22H34IN5O2S. The first-order chi connectivity index (χ1) is 14.7. The van der Waals surface area contributed by atoms with Gasteiger partial charge in [0.2, 0.25) is 0 Å². The van der Waals surface area contributed by atoms with Gasteiger partial charge in [0.1, 0.15) is 6.10 Å². The number of ether oxygens (including phenoxy) is 1. The molecule has 1 amide bonds. The minimum absolute atomic E-state index is 0. The highest BCUT2D eigenvalue weighted by Gasteiger charge is 2.30. The van der Waals surface area contributed by atoms with Gasteiger partial charge in [0.15, 0.2) is 5.96 Å². The smallest absolute Gasteiger partial charge is 0.251 e. The molecule has 31 heavy (non-hydrogen) atoms. The van der Waals surface area contributed by atoms with E-state index in [0.717, 1.165) is 64.6 Å². The van der Waals surface area contributed by atoms with E-state index < -0.39 is 0 Å². The van der Waals surface area contributed by atoms with Crippen LogP contribution in [0.5, 0.6) is 0 Å². The van der Waals surface area contributed by atoms with Crippen molar-refractivity contribution in [2.24, 2.45) is 4.99 Å². The van der Waals surface area contributed by atoms with Crippen molar-refractivity contribution in [2.45, 2.75) is 25.5 Å². The Morgan fingerprint density at radius 2 is 1.77 bits per heavy atom. The van der Waals surface area contributed by atoms with E-state index in [0.29, 0.717) is 6.61 Å². The Labute approximate surface area is 207 Å². The number of thioether (sulfide) groups is 1. The zero-order valence-electron chi connectivity index (χ0n) is 18.3. The molecule has 0 spiro atoms. The van der Waals surface area contributed by atoms with Crippen LogP contribution in [0.2, 0.25) is 0 Å². The largest absolute Gasteiger partial charge is 0.370 e. The van der Waals surface area contributed by atoms with Crippen molar-refractivity contribution in [2.75, 3.05) is 69.3 Å². The average Bonchev–Trinajstić information content (AvgIpc) is 3.35. The molecule has 0 aromatic heterocycles. The van der Waals surface area contributed by atoms with Crippen LogP contribution in [0.3, 0.4) is 0 Å². The van der Waals surface area contributed by atoms with Gasteiger partial charge >= 0.3 is 0 Å². The molecule has 3 saturated heterocycles. The number of amides is 1. The van der Waals surface area contributed by atoms with Gasteiger partial charge in [-0.15, -0.1) is 24.0 Å². The predicted octanol–water partition coefficient (Wildman–Crippen LogP) is 2.26. The molecule has 4 rings (SSSR count). The number of rotatable bonds is 4. The Balaban J connectivity index is 0.00000272. The summed E-state index contributed by atoms with van der Waals surface area (Å²) in [4.78, 5) is 23.6. The zero-order chi connectivity index (χ0) is 20.8. The lowest BCUT2D eigenvalue weighted by molar-refractivity contribution is -0.142. The third-order valence-electron chi connectivity index (χ3n) is 6.07. The highest BCUT2D eigenvalue weighted by Crippen LogP contribution is 2.20. The van der Waals surface area contributed by atoms with Crippen LogP contribution in [0.1, 0.15) is 18.4 Å². The summed E-state index contributed by atoms with van der Waals surface area (Å²) in [5.74, 6) is 3.48. The van der Waals surface area contributed by atoms with Crippen LogP contribution >= 0.6 is 35.7 Å². The van der Waals surface area contributed by atoms with E-state index in [2.05, 4.69) is 44.4 Å². The fraction of sp³-hybridized carbons (Fsp3) is 0.636. The molecular weight excluding hydrogens is 525 g/mol. The van der Waals surface area contributed by atoms with Gasteiger partial charge in [-0.25, -0.2) is 0 Å². The summed E-state index contributed by atoms with van der Waals surface area (Å²) in [7, 11) is 1.82. The molecule has 0 radical (unpaired) electrons. The predicted molar refractivity (Wildman–Crippen MR) is 139 cm³/mol. The molecule has 0 bridgehead atoms. The maximum atomic E-state index is 12.5. The standard InChI is InChI=1S/C22H33N5O2S.HI/c1-23-22(27-10-8-26(9-11-27)21(28)20-3-2-14-29-20)24-17-18-4-6-19(7-5-18)25-12-15-30-16-13-25;/h4-7,20H,2-3,8-17H2,1H3,(H,23,24);1H. The lowest BCUT2D eigenvalue weighted by atomic mass is 10.2. The van der Waals surface area contributed by atoms with E-state index in [9.17, 15) is 4.79 Å². The first kappa shape index (κ1) is 24.4. The number of anilines is 1. The van der Waals surface area contributed by atoms with Gasteiger partial charge in [-0.1, -0.05) is 12.1 Å². The molecule has 7 nitrogen and oxygen atoms in total. The zero-order valence-corrected chi connectivity index (χ0v) is 21.4. The van der Waals surface area contributed by atoms with Crippen molar-refractivity contribution >= 4 is 53.3 Å². The van der Waals surface area contributed by atoms with Gasteiger partial charge in [-0.05, 0) is 30.5 Å². The topological polar surface area (TPSA) is 60.4 Å². The minimum Gasteiger partial charge on any atom is -0.370 e. The van der Waals surface area contributed by atoms with Crippen LogP contribution in [-0.4, -0.2) is 92.2 Å². The Bertz CT molecular complexity index is 728. The third-order valence-corrected chi connectivity index (χ3v) is 7.01. The number of hydrogen-bond acceptors (Lipinski definition) is 5. The number of carbonyl (C=O) groups is 1. The number of hydrogen-bond donors (Lipinski definition) is 1. The molecule has 1 unspecified atom stereocenters. The number of aliphatic imine (C=N–C) groups is 1. The lowest BCUT2D eigenvalue weighted by Crippen LogP contribution is -2.55. The van der Waals surface area contributed by atoms with Gasteiger partial charge in [0.25, 0.3) is 5.91 Å². The molecule has 1 N–H and O–H groups in total. The second-order valence-corrected chi connectivity index (χ2v) is 9.21. The molecule has 1 aromatic rings. The Hall–Kier alpha value is -1.20. The second kappa shape index (κ2) is 12.2. The molecule has 0 saturated carbocycles. The summed E-state index contributed by atoms with van der Waals surface area (Å²) in [5.41, 5.74) is 2.56. The van der Waals surface area contributed by atoms with Crippen molar-refractivity contribution in [1.82, 2.24) is 15.1 Å². The van der Waals surface area contributed by atoms with Crippen LogP contribution < -0.4 is 10.2 Å². The quantitative estimate of drug-likeness (QED) is 0.347. The number of benzene rings is 1. The maximum absolute atomic E-state index is 12.5. The summed E-state index contributed by atoms with van der Waals surface area (Å²) in [6.45, 7) is 6.77. The van der Waals surface area contributed by atoms with Gasteiger partial charge < -0.3 is 24.8 Å². The van der Waals surface area contributed by atoms with Crippen LogP contribution in [0, 0.1) is 0 Å². The van der Waals surface area contributed by atoms with Gasteiger partial charge in [0, 0.05) is 76.7 Å². The van der Waals surface area contributed by atoms with Gasteiger partial charge in [0.05, 0.1) is 0 Å².